The lowest BCUT2D eigenvalue weighted by Gasteiger charge is -2.22. The van der Waals surface area contributed by atoms with Gasteiger partial charge in [-0.25, -0.2) is 14.6 Å². The van der Waals surface area contributed by atoms with Crippen LogP contribution in [0.5, 0.6) is 0 Å². The smallest absolute Gasteiger partial charge is 0.228 e. The molecule has 7 heteroatoms. The van der Waals surface area contributed by atoms with Crippen molar-refractivity contribution in [3.05, 3.63) is 31.0 Å². The minimum atomic E-state index is 0.00699. The predicted octanol–water partition coefficient (Wildman–Crippen LogP) is 0.600. The Morgan fingerprint density at radius 1 is 1.50 bits per heavy atom. The van der Waals surface area contributed by atoms with Gasteiger partial charge in [0.25, 0.3) is 0 Å². The number of nitrogens with zero attached hydrogens (tertiary/aromatic N) is 4. The van der Waals surface area contributed by atoms with Crippen LogP contribution in [0.1, 0.15) is 12.8 Å². The summed E-state index contributed by atoms with van der Waals surface area (Å²) in [5, 5.41) is 10.2. The normalized spacial score (nSPS) is 18.7. The first-order valence-corrected chi connectivity index (χ1v) is 6.66. The van der Waals surface area contributed by atoms with Crippen molar-refractivity contribution >= 4 is 11.6 Å². The highest BCUT2D eigenvalue weighted by molar-refractivity contribution is 5.94. The van der Waals surface area contributed by atoms with Crippen LogP contribution in [-0.2, 0) is 4.79 Å². The molecule has 104 valence electrons. The molecule has 1 fully saturated rings. The van der Waals surface area contributed by atoms with Crippen molar-refractivity contribution in [2.45, 2.75) is 12.8 Å². The van der Waals surface area contributed by atoms with E-state index >= 15 is 0 Å². The van der Waals surface area contributed by atoms with E-state index in [9.17, 15) is 4.79 Å². The van der Waals surface area contributed by atoms with Crippen LogP contribution in [-0.4, -0.2) is 38.7 Å². The second-order valence-electron chi connectivity index (χ2n) is 4.75. The van der Waals surface area contributed by atoms with Crippen LogP contribution < -0.4 is 10.6 Å². The Hall–Kier alpha value is -2.28. The summed E-state index contributed by atoms with van der Waals surface area (Å²) in [5.74, 6) is 0.598. The van der Waals surface area contributed by atoms with Crippen molar-refractivity contribution < 1.29 is 4.79 Å². The van der Waals surface area contributed by atoms with Crippen molar-refractivity contribution in [2.24, 2.45) is 5.92 Å². The van der Waals surface area contributed by atoms with Crippen LogP contribution in [0, 0.1) is 5.92 Å². The molecule has 2 aromatic rings. The van der Waals surface area contributed by atoms with E-state index in [1.165, 1.54) is 11.0 Å². The van der Waals surface area contributed by atoms with Gasteiger partial charge in [0.15, 0.2) is 5.82 Å². The third-order valence-corrected chi connectivity index (χ3v) is 3.35. The van der Waals surface area contributed by atoms with E-state index in [4.69, 9.17) is 0 Å². The van der Waals surface area contributed by atoms with Crippen molar-refractivity contribution in [3.8, 4) is 5.82 Å². The minimum Gasteiger partial charge on any atom is -0.323 e. The van der Waals surface area contributed by atoms with Crippen LogP contribution in [0.3, 0.4) is 0 Å². The van der Waals surface area contributed by atoms with Crippen LogP contribution in [0.4, 0.5) is 5.69 Å². The maximum Gasteiger partial charge on any atom is 0.228 e. The number of piperidine rings is 1. The van der Waals surface area contributed by atoms with Crippen molar-refractivity contribution in [3.63, 3.8) is 0 Å². The van der Waals surface area contributed by atoms with E-state index in [0.717, 1.165) is 25.9 Å². The molecule has 7 nitrogen and oxygen atoms in total. The molecule has 2 N–H and O–H groups in total. The lowest BCUT2D eigenvalue weighted by Crippen LogP contribution is -2.37. The molecule has 1 amide bonds. The molecule has 0 unspecified atom stereocenters. The lowest BCUT2D eigenvalue weighted by atomic mass is 9.99. The third kappa shape index (κ3) is 2.67. The fourth-order valence-electron chi connectivity index (χ4n) is 2.31. The summed E-state index contributed by atoms with van der Waals surface area (Å²) in [5.41, 5.74) is 0.647. The average molecular weight is 272 g/mol. The first kappa shape index (κ1) is 12.7. The summed E-state index contributed by atoms with van der Waals surface area (Å²) in [7, 11) is 0. The number of hydrogen-bond acceptors (Lipinski definition) is 5. The second-order valence-corrected chi connectivity index (χ2v) is 4.75. The van der Waals surface area contributed by atoms with Crippen LogP contribution in [0.15, 0.2) is 31.0 Å². The largest absolute Gasteiger partial charge is 0.323 e. The van der Waals surface area contributed by atoms with E-state index in [2.05, 4.69) is 25.7 Å². The van der Waals surface area contributed by atoms with Gasteiger partial charge in [-0.1, -0.05) is 0 Å². The highest BCUT2D eigenvalue weighted by Gasteiger charge is 2.22. The van der Waals surface area contributed by atoms with Gasteiger partial charge >= 0.3 is 0 Å². The summed E-state index contributed by atoms with van der Waals surface area (Å²) in [6, 6.07) is 3.60. The van der Waals surface area contributed by atoms with E-state index in [1.54, 1.807) is 18.6 Å². The number of nitrogens with one attached hydrogen (secondary N) is 2. The molecule has 0 spiro atoms. The first-order valence-electron chi connectivity index (χ1n) is 6.66. The quantitative estimate of drug-likeness (QED) is 0.854. The summed E-state index contributed by atoms with van der Waals surface area (Å²) in [4.78, 5) is 20.4. The highest BCUT2D eigenvalue weighted by Crippen LogP contribution is 2.18. The molecule has 0 bridgehead atoms. The number of amides is 1. The minimum absolute atomic E-state index is 0.00699. The Morgan fingerprint density at radius 3 is 3.20 bits per heavy atom. The number of rotatable bonds is 3. The number of pyridine rings is 1. The number of carbonyl (C=O) groups is 1. The summed E-state index contributed by atoms with van der Waals surface area (Å²) < 4.78 is 1.54. The van der Waals surface area contributed by atoms with Gasteiger partial charge in [0.1, 0.15) is 12.7 Å². The van der Waals surface area contributed by atoms with Gasteiger partial charge in [0, 0.05) is 12.7 Å². The Kier molecular flexibility index (Phi) is 3.69. The molecular formula is C13H16N6O. The van der Waals surface area contributed by atoms with Gasteiger partial charge in [-0.3, -0.25) is 4.79 Å². The van der Waals surface area contributed by atoms with Crippen LogP contribution in [0.25, 0.3) is 5.82 Å². The molecule has 1 atom stereocenters. The Bertz CT molecular complexity index is 576. The van der Waals surface area contributed by atoms with Crippen molar-refractivity contribution in [2.75, 3.05) is 18.4 Å². The summed E-state index contributed by atoms with van der Waals surface area (Å²) >= 11 is 0. The average Bonchev–Trinajstić information content (AvgIpc) is 3.03. The molecule has 0 aromatic carbocycles. The van der Waals surface area contributed by atoms with Crippen LogP contribution >= 0.6 is 0 Å². The molecule has 1 aliphatic heterocycles. The molecule has 20 heavy (non-hydrogen) atoms. The van der Waals surface area contributed by atoms with Gasteiger partial charge in [-0.2, -0.15) is 5.10 Å². The monoisotopic (exact) mass is 272 g/mol. The Labute approximate surface area is 116 Å². The molecule has 3 rings (SSSR count). The molecule has 2 aromatic heterocycles. The molecule has 3 heterocycles. The van der Waals surface area contributed by atoms with Crippen LogP contribution in [0.2, 0.25) is 0 Å². The predicted molar refractivity (Wildman–Crippen MR) is 73.4 cm³/mol. The number of carbonyl (C=O) groups excluding carboxylic acids is 1. The zero-order valence-electron chi connectivity index (χ0n) is 11.0. The summed E-state index contributed by atoms with van der Waals surface area (Å²) in [6.07, 6.45) is 6.60. The Balaban J connectivity index is 1.79. The van der Waals surface area contributed by atoms with Gasteiger partial charge in [-0.05, 0) is 31.5 Å². The van der Waals surface area contributed by atoms with Gasteiger partial charge in [0.2, 0.25) is 5.91 Å². The number of hydrogen-bond donors (Lipinski definition) is 2. The molecular weight excluding hydrogens is 256 g/mol. The SMILES string of the molecule is O=C(Nc1cccnc1-n1cncn1)[C@@H]1CCCNC1. The molecule has 1 aliphatic rings. The molecule has 1 saturated heterocycles. The maximum atomic E-state index is 12.3. The zero-order valence-corrected chi connectivity index (χ0v) is 11.0. The summed E-state index contributed by atoms with van der Waals surface area (Å²) in [6.45, 7) is 1.71. The topological polar surface area (TPSA) is 84.7 Å². The fourth-order valence-corrected chi connectivity index (χ4v) is 2.31. The zero-order chi connectivity index (χ0) is 13.8. The first-order chi connectivity index (χ1) is 9.84. The van der Waals surface area contributed by atoms with E-state index < -0.39 is 0 Å². The van der Waals surface area contributed by atoms with Gasteiger partial charge in [-0.15, -0.1) is 0 Å². The molecule has 0 radical (unpaired) electrons. The molecule has 0 saturated carbocycles. The number of aromatic nitrogens is 4. The van der Waals surface area contributed by atoms with E-state index in [-0.39, 0.29) is 11.8 Å². The number of anilines is 1. The van der Waals surface area contributed by atoms with E-state index in [0.29, 0.717) is 11.5 Å². The lowest BCUT2D eigenvalue weighted by molar-refractivity contribution is -0.120. The second kappa shape index (κ2) is 5.79. The highest BCUT2D eigenvalue weighted by atomic mass is 16.1. The molecule has 0 aliphatic carbocycles. The van der Waals surface area contributed by atoms with Gasteiger partial charge < -0.3 is 10.6 Å². The maximum absolute atomic E-state index is 12.3. The fraction of sp³-hybridized carbons (Fsp3) is 0.385. The Morgan fingerprint density at radius 2 is 2.45 bits per heavy atom. The van der Waals surface area contributed by atoms with E-state index in [1.807, 2.05) is 6.07 Å². The van der Waals surface area contributed by atoms with Crippen molar-refractivity contribution in [1.29, 1.82) is 0 Å². The standard InChI is InChI=1S/C13H16N6O/c20-13(10-3-1-5-14-7-10)18-11-4-2-6-16-12(11)19-9-15-8-17-19/h2,4,6,8-10,14H,1,3,5,7H2,(H,18,20)/t10-/m1/s1. The third-order valence-electron chi connectivity index (χ3n) is 3.35. The van der Waals surface area contributed by atoms with Gasteiger partial charge in [0.05, 0.1) is 11.6 Å². The van der Waals surface area contributed by atoms with Crippen molar-refractivity contribution in [1.82, 2.24) is 25.1 Å².